The van der Waals surface area contributed by atoms with Crippen LogP contribution in [0.2, 0.25) is 0 Å². The summed E-state index contributed by atoms with van der Waals surface area (Å²) in [5, 5.41) is 12.1. The number of ether oxygens (including phenoxy) is 1. The van der Waals surface area contributed by atoms with E-state index >= 15 is 0 Å². The van der Waals surface area contributed by atoms with Crippen LogP contribution in [-0.2, 0) is 11.3 Å². The summed E-state index contributed by atoms with van der Waals surface area (Å²) in [5.74, 6) is 0.790. The van der Waals surface area contributed by atoms with E-state index in [2.05, 4.69) is 33.3 Å². The number of amides is 1. The van der Waals surface area contributed by atoms with E-state index in [9.17, 15) is 10.1 Å². The maximum absolute atomic E-state index is 12.6. The predicted molar refractivity (Wildman–Crippen MR) is 109 cm³/mol. The van der Waals surface area contributed by atoms with Crippen LogP contribution in [-0.4, -0.2) is 55.0 Å². The van der Waals surface area contributed by atoms with Gasteiger partial charge in [-0.15, -0.1) is 0 Å². The number of benzene rings is 2. The van der Waals surface area contributed by atoms with Gasteiger partial charge in [0.05, 0.1) is 24.4 Å². The Kier molecular flexibility index (Phi) is 6.64. The summed E-state index contributed by atoms with van der Waals surface area (Å²) in [4.78, 5) is 17.2. The van der Waals surface area contributed by atoms with Gasteiger partial charge in [-0.25, -0.2) is 0 Å². The summed E-state index contributed by atoms with van der Waals surface area (Å²) < 4.78 is 5.20. The van der Waals surface area contributed by atoms with Crippen molar-refractivity contribution in [2.75, 3.05) is 38.6 Å². The van der Waals surface area contributed by atoms with Crippen molar-refractivity contribution in [1.29, 1.82) is 5.26 Å². The van der Waals surface area contributed by atoms with E-state index < -0.39 is 0 Å². The van der Waals surface area contributed by atoms with Gasteiger partial charge in [-0.1, -0.05) is 24.3 Å². The summed E-state index contributed by atoms with van der Waals surface area (Å²) in [6, 6.07) is 17.1. The molecule has 0 aliphatic carbocycles. The number of methoxy groups -OCH3 is 1. The first-order chi connectivity index (χ1) is 13.6. The predicted octanol–water partition coefficient (Wildman–Crippen LogP) is 2.71. The molecule has 3 rings (SSSR count). The van der Waals surface area contributed by atoms with E-state index in [1.807, 2.05) is 25.1 Å². The molecule has 28 heavy (non-hydrogen) atoms. The summed E-state index contributed by atoms with van der Waals surface area (Å²) in [7, 11) is 1.67. The number of hydrogen-bond donors (Lipinski definition) is 1. The Morgan fingerprint density at radius 3 is 2.46 bits per heavy atom. The zero-order chi connectivity index (χ0) is 19.9. The molecule has 0 bridgehead atoms. The van der Waals surface area contributed by atoms with Crippen LogP contribution < -0.4 is 10.1 Å². The molecule has 1 N–H and O–H groups in total. The lowest BCUT2D eigenvalue weighted by Crippen LogP contribution is -2.52. The van der Waals surface area contributed by atoms with Crippen LogP contribution in [0.4, 0.5) is 5.69 Å². The number of anilines is 1. The Labute approximate surface area is 166 Å². The van der Waals surface area contributed by atoms with E-state index in [-0.39, 0.29) is 11.9 Å². The molecule has 0 spiro atoms. The average Bonchev–Trinajstić information content (AvgIpc) is 2.74. The second kappa shape index (κ2) is 9.36. The number of rotatable bonds is 6. The van der Waals surface area contributed by atoms with Gasteiger partial charge < -0.3 is 10.1 Å². The van der Waals surface area contributed by atoms with Crippen molar-refractivity contribution in [1.82, 2.24) is 9.80 Å². The molecule has 1 aliphatic heterocycles. The van der Waals surface area contributed by atoms with Gasteiger partial charge in [-0.3, -0.25) is 14.6 Å². The Balaban J connectivity index is 1.50. The fraction of sp³-hybridized carbons (Fsp3) is 0.364. The van der Waals surface area contributed by atoms with Crippen molar-refractivity contribution in [3.05, 3.63) is 59.7 Å². The number of nitrogens with one attached hydrogen (secondary N) is 1. The van der Waals surface area contributed by atoms with Crippen molar-refractivity contribution >= 4 is 11.6 Å². The van der Waals surface area contributed by atoms with E-state index in [1.54, 1.807) is 25.3 Å². The number of nitrogens with zero attached hydrogens (tertiary/aromatic N) is 3. The third-order valence-corrected chi connectivity index (χ3v) is 5.20. The molecule has 0 radical (unpaired) electrons. The van der Waals surface area contributed by atoms with Crippen LogP contribution in [0.25, 0.3) is 0 Å². The molecule has 1 saturated heterocycles. The zero-order valence-corrected chi connectivity index (χ0v) is 16.4. The van der Waals surface area contributed by atoms with Crippen LogP contribution in [0.5, 0.6) is 5.75 Å². The molecule has 6 heteroatoms. The Bertz CT molecular complexity index is 836. The summed E-state index contributed by atoms with van der Waals surface area (Å²) in [6.07, 6.45) is 0. The smallest absolute Gasteiger partial charge is 0.241 e. The normalized spacial score (nSPS) is 16.2. The second-order valence-electron chi connectivity index (χ2n) is 6.98. The number of hydrogen-bond acceptors (Lipinski definition) is 5. The maximum atomic E-state index is 12.6. The molecule has 2 aromatic carbocycles. The van der Waals surface area contributed by atoms with E-state index in [0.717, 1.165) is 38.5 Å². The molecular weight excluding hydrogens is 352 g/mol. The third kappa shape index (κ3) is 4.89. The molecule has 1 amide bonds. The second-order valence-corrected chi connectivity index (χ2v) is 6.98. The van der Waals surface area contributed by atoms with Crippen LogP contribution in [0.1, 0.15) is 18.1 Å². The molecule has 1 fully saturated rings. The zero-order valence-electron chi connectivity index (χ0n) is 16.4. The SMILES string of the molecule is COc1ccc(CN2CCN([C@H](C)C(=O)Nc3ccccc3C#N)CC2)cc1. The number of carbonyl (C=O) groups excluding carboxylic acids is 1. The van der Waals surface area contributed by atoms with Crippen LogP contribution in [0, 0.1) is 11.3 Å². The largest absolute Gasteiger partial charge is 0.497 e. The van der Waals surface area contributed by atoms with Gasteiger partial charge in [0.2, 0.25) is 5.91 Å². The highest BCUT2D eigenvalue weighted by atomic mass is 16.5. The van der Waals surface area contributed by atoms with E-state index in [4.69, 9.17) is 4.74 Å². The summed E-state index contributed by atoms with van der Waals surface area (Å²) >= 11 is 0. The van der Waals surface area contributed by atoms with Crippen LogP contribution >= 0.6 is 0 Å². The molecule has 0 unspecified atom stereocenters. The first-order valence-electron chi connectivity index (χ1n) is 9.50. The van der Waals surface area contributed by atoms with Crippen molar-refractivity contribution in [2.24, 2.45) is 0 Å². The number of carbonyl (C=O) groups is 1. The average molecular weight is 378 g/mol. The summed E-state index contributed by atoms with van der Waals surface area (Å²) in [6.45, 7) is 6.32. The highest BCUT2D eigenvalue weighted by Crippen LogP contribution is 2.17. The van der Waals surface area contributed by atoms with Gasteiger partial charge in [-0.2, -0.15) is 5.26 Å². The molecule has 0 aromatic heterocycles. The topological polar surface area (TPSA) is 68.6 Å². The third-order valence-electron chi connectivity index (χ3n) is 5.20. The van der Waals surface area contributed by atoms with Crippen molar-refractivity contribution < 1.29 is 9.53 Å². The van der Waals surface area contributed by atoms with Gasteiger partial charge in [0, 0.05) is 32.7 Å². The van der Waals surface area contributed by atoms with E-state index in [0.29, 0.717) is 11.3 Å². The van der Waals surface area contributed by atoms with Crippen molar-refractivity contribution in [3.8, 4) is 11.8 Å². The van der Waals surface area contributed by atoms with Crippen molar-refractivity contribution in [3.63, 3.8) is 0 Å². The molecule has 1 heterocycles. The minimum atomic E-state index is -0.241. The van der Waals surface area contributed by atoms with Crippen LogP contribution in [0.3, 0.4) is 0 Å². The highest BCUT2D eigenvalue weighted by molar-refractivity contribution is 5.95. The molecule has 0 saturated carbocycles. The minimum Gasteiger partial charge on any atom is -0.497 e. The standard InChI is InChI=1S/C22H26N4O2/c1-17(22(27)24-21-6-4-3-5-19(21)15-23)26-13-11-25(12-14-26)16-18-7-9-20(28-2)10-8-18/h3-10,17H,11-14,16H2,1-2H3,(H,24,27)/t17-/m1/s1. The lowest BCUT2D eigenvalue weighted by molar-refractivity contribution is -0.121. The van der Waals surface area contributed by atoms with Gasteiger partial charge in [0.25, 0.3) is 0 Å². The molecule has 1 atom stereocenters. The minimum absolute atomic E-state index is 0.0775. The first-order valence-corrected chi connectivity index (χ1v) is 9.50. The maximum Gasteiger partial charge on any atom is 0.241 e. The number of piperazine rings is 1. The highest BCUT2D eigenvalue weighted by Gasteiger charge is 2.26. The Hall–Kier alpha value is -2.88. The Morgan fingerprint density at radius 1 is 1.14 bits per heavy atom. The monoisotopic (exact) mass is 378 g/mol. The van der Waals surface area contributed by atoms with Crippen LogP contribution in [0.15, 0.2) is 48.5 Å². The number of nitriles is 1. The molecule has 2 aromatic rings. The van der Waals surface area contributed by atoms with E-state index in [1.165, 1.54) is 5.56 Å². The number of para-hydroxylation sites is 1. The fourth-order valence-corrected chi connectivity index (χ4v) is 3.39. The molecular formula is C22H26N4O2. The quantitative estimate of drug-likeness (QED) is 0.837. The van der Waals surface area contributed by atoms with Gasteiger partial charge in [0.1, 0.15) is 11.8 Å². The first kappa shape index (κ1) is 19.9. The lowest BCUT2D eigenvalue weighted by atomic mass is 10.1. The Morgan fingerprint density at radius 2 is 1.82 bits per heavy atom. The fourth-order valence-electron chi connectivity index (χ4n) is 3.39. The molecule has 1 aliphatic rings. The van der Waals surface area contributed by atoms with Gasteiger partial charge >= 0.3 is 0 Å². The van der Waals surface area contributed by atoms with Crippen molar-refractivity contribution in [2.45, 2.75) is 19.5 Å². The molecule has 146 valence electrons. The summed E-state index contributed by atoms with van der Waals surface area (Å²) in [5.41, 5.74) is 2.31. The van der Waals surface area contributed by atoms with Gasteiger partial charge in [-0.05, 0) is 36.8 Å². The lowest BCUT2D eigenvalue weighted by Gasteiger charge is -2.37. The molecule has 6 nitrogen and oxygen atoms in total. The van der Waals surface area contributed by atoms with Gasteiger partial charge in [0.15, 0.2) is 0 Å².